The minimum absolute atomic E-state index is 0.0170. The SMILES string of the molecule is CNC(CN1C(=O)CCCCC1=O)C1CCOC1. The van der Waals surface area contributed by atoms with Gasteiger partial charge in [-0.25, -0.2) is 0 Å². The number of nitrogens with one attached hydrogen (secondary N) is 1. The molecule has 2 unspecified atom stereocenters. The summed E-state index contributed by atoms with van der Waals surface area (Å²) in [5.41, 5.74) is 0. The van der Waals surface area contributed by atoms with Gasteiger partial charge in [-0.15, -0.1) is 0 Å². The second-order valence-electron chi connectivity index (χ2n) is 5.12. The highest BCUT2D eigenvalue weighted by Gasteiger charge is 2.31. The minimum atomic E-state index is -0.0170. The molecular formula is C13H22N2O3. The lowest BCUT2D eigenvalue weighted by Gasteiger charge is -2.28. The predicted octanol–water partition coefficient (Wildman–Crippen LogP) is 0.540. The maximum absolute atomic E-state index is 11.9. The van der Waals surface area contributed by atoms with Gasteiger partial charge >= 0.3 is 0 Å². The summed E-state index contributed by atoms with van der Waals surface area (Å²) in [6, 6.07) is 0.151. The molecule has 2 fully saturated rings. The molecule has 0 bridgehead atoms. The van der Waals surface area contributed by atoms with Crippen LogP contribution >= 0.6 is 0 Å². The third kappa shape index (κ3) is 3.09. The lowest BCUT2D eigenvalue weighted by Crippen LogP contribution is -2.48. The highest BCUT2D eigenvalue weighted by atomic mass is 16.5. The molecule has 2 aliphatic heterocycles. The van der Waals surface area contributed by atoms with Gasteiger partial charge in [-0.2, -0.15) is 0 Å². The Hall–Kier alpha value is -0.940. The summed E-state index contributed by atoms with van der Waals surface area (Å²) in [6.07, 6.45) is 3.67. The Morgan fingerprint density at radius 3 is 2.50 bits per heavy atom. The van der Waals surface area contributed by atoms with Gasteiger partial charge in [0.2, 0.25) is 11.8 Å². The number of imide groups is 1. The van der Waals surface area contributed by atoms with Gasteiger partial charge in [0, 0.05) is 38.0 Å². The average Bonchev–Trinajstić information content (AvgIpc) is 2.84. The Morgan fingerprint density at radius 2 is 2.00 bits per heavy atom. The van der Waals surface area contributed by atoms with E-state index in [9.17, 15) is 9.59 Å². The van der Waals surface area contributed by atoms with Gasteiger partial charge in [0.25, 0.3) is 0 Å². The molecule has 2 atom stereocenters. The molecule has 1 N–H and O–H groups in total. The van der Waals surface area contributed by atoms with Crippen molar-refractivity contribution in [2.75, 3.05) is 26.8 Å². The Labute approximate surface area is 108 Å². The van der Waals surface area contributed by atoms with Crippen LogP contribution in [-0.2, 0) is 14.3 Å². The number of likely N-dealkylation sites (N-methyl/N-ethyl adjacent to an activating group) is 1. The van der Waals surface area contributed by atoms with Crippen molar-refractivity contribution in [1.82, 2.24) is 10.2 Å². The molecule has 0 saturated carbocycles. The summed E-state index contributed by atoms with van der Waals surface area (Å²) in [6.45, 7) is 1.99. The van der Waals surface area contributed by atoms with Crippen molar-refractivity contribution < 1.29 is 14.3 Å². The number of rotatable bonds is 4. The van der Waals surface area contributed by atoms with Gasteiger partial charge < -0.3 is 10.1 Å². The number of hydrogen-bond donors (Lipinski definition) is 1. The Bertz CT molecular complexity index is 295. The molecule has 0 aromatic rings. The molecule has 0 aliphatic carbocycles. The van der Waals surface area contributed by atoms with Crippen molar-refractivity contribution >= 4 is 11.8 Å². The summed E-state index contributed by atoms with van der Waals surface area (Å²) < 4.78 is 5.38. The largest absolute Gasteiger partial charge is 0.381 e. The van der Waals surface area contributed by atoms with E-state index in [1.54, 1.807) is 0 Å². The van der Waals surface area contributed by atoms with E-state index in [-0.39, 0.29) is 17.9 Å². The van der Waals surface area contributed by atoms with Gasteiger partial charge in [-0.3, -0.25) is 14.5 Å². The highest BCUT2D eigenvalue weighted by Crippen LogP contribution is 2.20. The normalized spacial score (nSPS) is 27.4. The number of likely N-dealkylation sites (tertiary alicyclic amines) is 1. The smallest absolute Gasteiger partial charge is 0.229 e. The Morgan fingerprint density at radius 1 is 1.33 bits per heavy atom. The molecule has 0 aromatic carbocycles. The van der Waals surface area contributed by atoms with E-state index in [1.165, 1.54) is 4.90 Å². The summed E-state index contributed by atoms with van der Waals surface area (Å²) in [7, 11) is 1.88. The van der Waals surface area contributed by atoms with Crippen LogP contribution in [0.1, 0.15) is 32.1 Å². The Kier molecular flexibility index (Phi) is 4.72. The van der Waals surface area contributed by atoms with Gasteiger partial charge in [-0.05, 0) is 26.3 Å². The van der Waals surface area contributed by atoms with Crippen molar-refractivity contribution in [3.8, 4) is 0 Å². The zero-order chi connectivity index (χ0) is 13.0. The van der Waals surface area contributed by atoms with Gasteiger partial charge in [0.15, 0.2) is 0 Å². The molecule has 2 aliphatic rings. The second-order valence-corrected chi connectivity index (χ2v) is 5.12. The standard InChI is InChI=1S/C13H22N2O3/c1-14-11(10-6-7-18-9-10)8-15-12(16)4-2-3-5-13(15)17/h10-11,14H,2-9H2,1H3. The van der Waals surface area contributed by atoms with Crippen LogP contribution < -0.4 is 5.32 Å². The monoisotopic (exact) mass is 254 g/mol. The summed E-state index contributed by atoms with van der Waals surface area (Å²) in [5, 5.41) is 3.23. The molecular weight excluding hydrogens is 232 g/mol. The zero-order valence-corrected chi connectivity index (χ0v) is 11.0. The number of nitrogens with zero attached hydrogens (tertiary/aromatic N) is 1. The molecule has 2 rings (SSSR count). The van der Waals surface area contributed by atoms with E-state index in [1.807, 2.05) is 7.05 Å². The van der Waals surface area contributed by atoms with Gasteiger partial charge in [0.05, 0.1) is 6.61 Å². The van der Waals surface area contributed by atoms with Crippen molar-refractivity contribution in [3.05, 3.63) is 0 Å². The van der Waals surface area contributed by atoms with E-state index in [0.717, 1.165) is 32.5 Å². The fraction of sp³-hybridized carbons (Fsp3) is 0.846. The first-order valence-corrected chi connectivity index (χ1v) is 6.80. The molecule has 0 aromatic heterocycles. The molecule has 5 heteroatoms. The molecule has 102 valence electrons. The molecule has 18 heavy (non-hydrogen) atoms. The first kappa shape index (κ1) is 13.5. The van der Waals surface area contributed by atoms with Gasteiger partial charge in [-0.1, -0.05) is 0 Å². The lowest BCUT2D eigenvalue weighted by atomic mass is 9.98. The number of ether oxygens (including phenoxy) is 1. The first-order chi connectivity index (χ1) is 8.72. The zero-order valence-electron chi connectivity index (χ0n) is 11.0. The first-order valence-electron chi connectivity index (χ1n) is 6.80. The molecule has 0 spiro atoms. The molecule has 2 heterocycles. The van der Waals surface area contributed by atoms with Crippen molar-refractivity contribution in [1.29, 1.82) is 0 Å². The van der Waals surface area contributed by atoms with Crippen LogP contribution in [0.5, 0.6) is 0 Å². The van der Waals surface area contributed by atoms with Crippen LogP contribution in [0.15, 0.2) is 0 Å². The third-order valence-electron chi connectivity index (χ3n) is 3.92. The van der Waals surface area contributed by atoms with Crippen molar-refractivity contribution in [2.24, 2.45) is 5.92 Å². The van der Waals surface area contributed by atoms with Crippen LogP contribution in [0, 0.1) is 5.92 Å². The summed E-state index contributed by atoms with van der Waals surface area (Å²) in [5.74, 6) is 0.368. The molecule has 5 nitrogen and oxygen atoms in total. The van der Waals surface area contributed by atoms with Crippen LogP contribution in [0.3, 0.4) is 0 Å². The summed E-state index contributed by atoms with van der Waals surface area (Å²) >= 11 is 0. The van der Waals surface area contributed by atoms with Gasteiger partial charge in [0.1, 0.15) is 0 Å². The molecule has 2 saturated heterocycles. The fourth-order valence-electron chi connectivity index (χ4n) is 2.71. The number of carbonyl (C=O) groups is 2. The highest BCUT2D eigenvalue weighted by molar-refractivity contribution is 5.96. The van der Waals surface area contributed by atoms with Crippen molar-refractivity contribution in [2.45, 2.75) is 38.1 Å². The lowest BCUT2D eigenvalue weighted by molar-refractivity contribution is -0.144. The summed E-state index contributed by atoms with van der Waals surface area (Å²) in [4.78, 5) is 25.3. The van der Waals surface area contributed by atoms with Crippen molar-refractivity contribution in [3.63, 3.8) is 0 Å². The number of carbonyl (C=O) groups excluding carboxylic acids is 2. The fourth-order valence-corrected chi connectivity index (χ4v) is 2.71. The van der Waals surface area contributed by atoms with E-state index in [2.05, 4.69) is 5.32 Å². The quantitative estimate of drug-likeness (QED) is 0.744. The third-order valence-corrected chi connectivity index (χ3v) is 3.92. The van der Waals surface area contributed by atoms with E-state index in [4.69, 9.17) is 4.74 Å². The average molecular weight is 254 g/mol. The van der Waals surface area contributed by atoms with Crippen LogP contribution in [0.25, 0.3) is 0 Å². The van der Waals surface area contributed by atoms with Crippen LogP contribution in [-0.4, -0.2) is 49.6 Å². The predicted molar refractivity (Wildman–Crippen MR) is 67.0 cm³/mol. The topological polar surface area (TPSA) is 58.6 Å². The van der Waals surface area contributed by atoms with Crippen LogP contribution in [0.4, 0.5) is 0 Å². The van der Waals surface area contributed by atoms with Crippen LogP contribution in [0.2, 0.25) is 0 Å². The number of hydrogen-bond acceptors (Lipinski definition) is 4. The number of amides is 2. The second kappa shape index (κ2) is 6.29. The maximum atomic E-state index is 11.9. The van der Waals surface area contributed by atoms with E-state index in [0.29, 0.717) is 25.3 Å². The van der Waals surface area contributed by atoms with E-state index >= 15 is 0 Å². The minimum Gasteiger partial charge on any atom is -0.381 e. The maximum Gasteiger partial charge on any atom is 0.229 e. The Balaban J connectivity index is 1.99. The molecule has 0 radical (unpaired) electrons. The molecule has 2 amide bonds. The van der Waals surface area contributed by atoms with E-state index < -0.39 is 0 Å².